The van der Waals surface area contributed by atoms with Crippen LogP contribution in [0.1, 0.15) is 45.8 Å². The van der Waals surface area contributed by atoms with Gasteiger partial charge in [0.15, 0.2) is 11.6 Å². The third-order valence-corrected chi connectivity index (χ3v) is 4.45. The second-order valence-corrected chi connectivity index (χ2v) is 7.00. The van der Waals surface area contributed by atoms with Gasteiger partial charge in [0.1, 0.15) is 6.07 Å². The van der Waals surface area contributed by atoms with Gasteiger partial charge in [0.05, 0.1) is 22.7 Å². The van der Waals surface area contributed by atoms with Gasteiger partial charge in [0.25, 0.3) is 5.91 Å². The van der Waals surface area contributed by atoms with E-state index in [0.717, 1.165) is 4.68 Å². The summed E-state index contributed by atoms with van der Waals surface area (Å²) in [6.07, 6.45) is -8.97. The lowest BCUT2D eigenvalue weighted by atomic mass is 10.0. The van der Waals surface area contributed by atoms with Gasteiger partial charge >= 0.3 is 12.4 Å². The van der Waals surface area contributed by atoms with E-state index in [9.17, 15) is 31.1 Å². The van der Waals surface area contributed by atoms with Crippen LogP contribution in [0.15, 0.2) is 36.5 Å². The Morgan fingerprint density at radius 2 is 1.73 bits per heavy atom. The fourth-order valence-corrected chi connectivity index (χ4v) is 2.92. The monoisotopic (exact) mass is 488 g/mol. The van der Waals surface area contributed by atoms with Crippen LogP contribution in [0.3, 0.4) is 0 Å². The number of nitriles is 1. The molecule has 3 aromatic rings. The van der Waals surface area contributed by atoms with E-state index in [-0.39, 0.29) is 28.6 Å². The van der Waals surface area contributed by atoms with Gasteiger partial charge in [-0.3, -0.25) is 4.79 Å². The summed E-state index contributed by atoms with van der Waals surface area (Å²) >= 11 is 5.83. The molecule has 0 radical (unpaired) electrons. The number of carbonyl (C=O) groups excluding carboxylic acids is 1. The minimum atomic E-state index is -5.10. The zero-order valence-corrected chi connectivity index (χ0v) is 17.1. The first-order chi connectivity index (χ1) is 15.3. The number of pyridine rings is 1. The Kier molecular flexibility index (Phi) is 6.33. The zero-order chi connectivity index (χ0) is 24.6. The van der Waals surface area contributed by atoms with E-state index in [2.05, 4.69) is 20.4 Å². The smallest absolute Gasteiger partial charge is 0.342 e. The van der Waals surface area contributed by atoms with Gasteiger partial charge in [-0.1, -0.05) is 0 Å². The van der Waals surface area contributed by atoms with Crippen molar-refractivity contribution in [3.63, 3.8) is 0 Å². The fourth-order valence-electron chi connectivity index (χ4n) is 2.75. The molecule has 14 heteroatoms. The Balaban J connectivity index is 1.94. The van der Waals surface area contributed by atoms with Crippen LogP contribution in [-0.4, -0.2) is 25.7 Å². The Bertz CT molecular complexity index is 1200. The SMILES string of the molecule is CC(NC(=O)c1cc(C(F)(F)F)cc(C(F)(F)F)c1)c1nc(Cl)nn1-c1ccc(C#N)cn1. The van der Waals surface area contributed by atoms with Gasteiger partial charge in [0.2, 0.25) is 5.28 Å². The average molecular weight is 489 g/mol. The number of benzene rings is 1. The molecule has 33 heavy (non-hydrogen) atoms. The Hall–Kier alpha value is -3.66. The Morgan fingerprint density at radius 3 is 2.21 bits per heavy atom. The number of nitrogens with zero attached hydrogens (tertiary/aromatic N) is 5. The Labute approximate surface area is 186 Å². The van der Waals surface area contributed by atoms with Crippen LogP contribution in [0.5, 0.6) is 0 Å². The lowest BCUT2D eigenvalue weighted by Crippen LogP contribution is -2.29. The highest BCUT2D eigenvalue weighted by Crippen LogP contribution is 2.36. The van der Waals surface area contributed by atoms with Crippen LogP contribution >= 0.6 is 11.6 Å². The molecule has 0 fully saturated rings. The summed E-state index contributed by atoms with van der Waals surface area (Å²) in [5.41, 5.74) is -3.85. The minimum Gasteiger partial charge on any atom is -0.342 e. The molecule has 1 N–H and O–H groups in total. The second kappa shape index (κ2) is 8.70. The third kappa shape index (κ3) is 5.40. The molecule has 3 rings (SSSR count). The van der Waals surface area contributed by atoms with E-state index in [1.54, 1.807) is 0 Å². The lowest BCUT2D eigenvalue weighted by molar-refractivity contribution is -0.143. The fraction of sp³-hybridized carbons (Fsp3) is 0.211. The van der Waals surface area contributed by atoms with Crippen LogP contribution in [0.4, 0.5) is 26.3 Å². The maximum absolute atomic E-state index is 13.1. The van der Waals surface area contributed by atoms with Crippen molar-refractivity contribution in [1.29, 1.82) is 5.26 Å². The van der Waals surface area contributed by atoms with E-state index in [0.29, 0.717) is 12.1 Å². The van der Waals surface area contributed by atoms with Crippen LogP contribution in [0.2, 0.25) is 5.28 Å². The number of hydrogen-bond acceptors (Lipinski definition) is 5. The van der Waals surface area contributed by atoms with Crippen LogP contribution in [0, 0.1) is 11.3 Å². The first-order valence-electron chi connectivity index (χ1n) is 8.89. The number of hydrogen-bond donors (Lipinski definition) is 1. The number of carbonyl (C=O) groups is 1. The predicted molar refractivity (Wildman–Crippen MR) is 101 cm³/mol. The molecule has 0 saturated carbocycles. The molecule has 1 amide bonds. The number of rotatable bonds is 4. The molecular weight excluding hydrogens is 478 g/mol. The van der Waals surface area contributed by atoms with Gasteiger partial charge in [-0.15, -0.1) is 5.10 Å². The Morgan fingerprint density at radius 1 is 1.12 bits per heavy atom. The summed E-state index contributed by atoms with van der Waals surface area (Å²) in [5, 5.41) is 14.8. The maximum atomic E-state index is 13.1. The van der Waals surface area contributed by atoms with Gasteiger partial charge in [-0.25, -0.2) is 4.98 Å². The minimum absolute atomic E-state index is 0.00595. The van der Waals surface area contributed by atoms with Gasteiger partial charge in [-0.05, 0) is 48.9 Å². The summed E-state index contributed by atoms with van der Waals surface area (Å²) in [4.78, 5) is 20.5. The molecule has 172 valence electrons. The van der Waals surface area contributed by atoms with Crippen molar-refractivity contribution in [2.75, 3.05) is 0 Å². The van der Waals surface area contributed by atoms with E-state index in [4.69, 9.17) is 16.9 Å². The van der Waals surface area contributed by atoms with Gasteiger partial charge in [0, 0.05) is 11.8 Å². The largest absolute Gasteiger partial charge is 0.416 e. The standard InChI is InChI=1S/C19H11ClF6N6O/c1-9(15-30-17(20)31-32(15)14-3-2-10(7-27)8-28-14)29-16(33)11-4-12(18(21,22)23)6-13(5-11)19(24,25)26/h2-6,8-9H,1H3,(H,29,33). The molecule has 2 heterocycles. The topological polar surface area (TPSA) is 96.5 Å². The van der Waals surface area contributed by atoms with Crippen LogP contribution in [0.25, 0.3) is 5.82 Å². The highest BCUT2D eigenvalue weighted by Gasteiger charge is 2.37. The number of alkyl halides is 6. The molecule has 0 aliphatic rings. The quantitative estimate of drug-likeness (QED) is 0.536. The number of halogens is 7. The number of amides is 1. The normalized spacial score (nSPS) is 12.8. The summed E-state index contributed by atoms with van der Waals surface area (Å²) in [7, 11) is 0. The average Bonchev–Trinajstić information content (AvgIpc) is 3.14. The molecule has 0 aliphatic heterocycles. The molecule has 7 nitrogen and oxygen atoms in total. The van der Waals surface area contributed by atoms with E-state index < -0.39 is 41.0 Å². The van der Waals surface area contributed by atoms with E-state index in [1.165, 1.54) is 25.3 Å². The van der Waals surface area contributed by atoms with Crippen molar-refractivity contribution >= 4 is 17.5 Å². The highest BCUT2D eigenvalue weighted by molar-refractivity contribution is 6.28. The van der Waals surface area contributed by atoms with Gasteiger partial charge in [-0.2, -0.15) is 41.3 Å². The number of nitrogens with one attached hydrogen (secondary N) is 1. The van der Waals surface area contributed by atoms with Crippen molar-refractivity contribution < 1.29 is 31.1 Å². The van der Waals surface area contributed by atoms with Gasteiger partial charge < -0.3 is 5.32 Å². The molecule has 2 aromatic heterocycles. The van der Waals surface area contributed by atoms with Crippen molar-refractivity contribution in [3.8, 4) is 11.9 Å². The maximum Gasteiger partial charge on any atom is 0.416 e. The molecule has 0 bridgehead atoms. The molecule has 0 aliphatic carbocycles. The first-order valence-corrected chi connectivity index (χ1v) is 9.26. The van der Waals surface area contributed by atoms with E-state index in [1.807, 2.05) is 6.07 Å². The third-order valence-electron chi connectivity index (χ3n) is 4.29. The second-order valence-electron chi connectivity index (χ2n) is 6.66. The van der Waals surface area contributed by atoms with E-state index >= 15 is 0 Å². The van der Waals surface area contributed by atoms with Crippen molar-refractivity contribution in [1.82, 2.24) is 25.1 Å². The number of aromatic nitrogens is 4. The molecule has 0 spiro atoms. The summed E-state index contributed by atoms with van der Waals surface area (Å²) in [5.74, 6) is -1.06. The van der Waals surface area contributed by atoms with Crippen molar-refractivity contribution in [3.05, 3.63) is 69.9 Å². The molecule has 1 aromatic carbocycles. The molecule has 0 saturated heterocycles. The first kappa shape index (κ1) is 24.0. The van der Waals surface area contributed by atoms with Crippen molar-refractivity contribution in [2.45, 2.75) is 25.3 Å². The van der Waals surface area contributed by atoms with Crippen LogP contribution in [-0.2, 0) is 12.4 Å². The molecule has 1 atom stereocenters. The summed E-state index contributed by atoms with van der Waals surface area (Å²) in [6.45, 7) is 1.37. The highest BCUT2D eigenvalue weighted by atomic mass is 35.5. The van der Waals surface area contributed by atoms with Crippen molar-refractivity contribution in [2.24, 2.45) is 0 Å². The summed E-state index contributed by atoms with van der Waals surface area (Å²) in [6, 6.07) is 4.20. The molecular formula is C19H11ClF6N6O. The molecule has 1 unspecified atom stereocenters. The van der Waals surface area contributed by atoms with Crippen LogP contribution < -0.4 is 5.32 Å². The predicted octanol–water partition coefficient (Wildman–Crippen LogP) is 4.72. The summed E-state index contributed by atoms with van der Waals surface area (Å²) < 4.78 is 79.5. The zero-order valence-electron chi connectivity index (χ0n) is 16.3. The lowest BCUT2D eigenvalue weighted by Gasteiger charge is -2.17.